The highest BCUT2D eigenvalue weighted by Crippen LogP contribution is 2.08. The number of rotatable bonds is 3. The van der Waals surface area contributed by atoms with E-state index in [9.17, 15) is 4.79 Å². The van der Waals surface area contributed by atoms with Crippen LogP contribution in [0.1, 0.15) is 31.9 Å². The molecule has 0 atom stereocenters. The summed E-state index contributed by atoms with van der Waals surface area (Å²) >= 11 is 5.84. The van der Waals surface area contributed by atoms with E-state index < -0.39 is 11.7 Å². The van der Waals surface area contributed by atoms with Crippen LogP contribution in [0.3, 0.4) is 0 Å². The zero-order valence-electron chi connectivity index (χ0n) is 11.7. The van der Waals surface area contributed by atoms with Crippen LogP contribution in [0.5, 0.6) is 0 Å². The van der Waals surface area contributed by atoms with Crippen LogP contribution in [0.15, 0.2) is 29.4 Å². The third-order valence-electron chi connectivity index (χ3n) is 2.19. The fourth-order valence-electron chi connectivity index (χ4n) is 1.33. The van der Waals surface area contributed by atoms with Crippen molar-refractivity contribution in [2.45, 2.75) is 33.3 Å². The second-order valence-corrected chi connectivity index (χ2v) is 5.44. The molecule has 1 rings (SSSR count). The van der Waals surface area contributed by atoms with E-state index in [0.29, 0.717) is 5.71 Å². The molecule has 0 aliphatic carbocycles. The van der Waals surface area contributed by atoms with Crippen LogP contribution < -0.4 is 5.43 Å². The van der Waals surface area contributed by atoms with Crippen molar-refractivity contribution in [1.82, 2.24) is 5.43 Å². The smallest absolute Gasteiger partial charge is 0.428 e. The van der Waals surface area contributed by atoms with Crippen molar-refractivity contribution in [3.63, 3.8) is 0 Å². The topological polar surface area (TPSA) is 50.7 Å². The SMILES string of the molecule is Cc1ccc(/C(CCl)=N/NC(=O)OC(C)(C)C)cc1. The van der Waals surface area contributed by atoms with Gasteiger partial charge in [0.25, 0.3) is 0 Å². The van der Waals surface area contributed by atoms with E-state index in [-0.39, 0.29) is 5.88 Å². The number of aryl methyl sites for hydroxylation is 1. The number of halogens is 1. The summed E-state index contributed by atoms with van der Waals surface area (Å²) in [6.45, 7) is 7.37. The van der Waals surface area contributed by atoms with Gasteiger partial charge in [0.2, 0.25) is 0 Å². The molecule has 104 valence electrons. The molecule has 0 radical (unpaired) electrons. The van der Waals surface area contributed by atoms with Gasteiger partial charge in [0.05, 0.1) is 11.6 Å². The van der Waals surface area contributed by atoms with Crippen molar-refractivity contribution in [2.24, 2.45) is 5.10 Å². The summed E-state index contributed by atoms with van der Waals surface area (Å²) in [7, 11) is 0. The predicted molar refractivity (Wildman–Crippen MR) is 77.8 cm³/mol. The minimum absolute atomic E-state index is 0.207. The molecule has 0 spiro atoms. The van der Waals surface area contributed by atoms with Crippen LogP contribution >= 0.6 is 11.6 Å². The molecule has 0 aliphatic heterocycles. The van der Waals surface area contributed by atoms with Crippen molar-refractivity contribution < 1.29 is 9.53 Å². The van der Waals surface area contributed by atoms with Crippen LogP contribution in [0, 0.1) is 6.92 Å². The molecule has 1 N–H and O–H groups in total. The molecule has 0 unspecified atom stereocenters. The van der Waals surface area contributed by atoms with Crippen LogP contribution in [0.25, 0.3) is 0 Å². The van der Waals surface area contributed by atoms with Gasteiger partial charge in [0.1, 0.15) is 5.60 Å². The predicted octanol–water partition coefficient (Wildman–Crippen LogP) is 3.46. The van der Waals surface area contributed by atoms with E-state index in [4.69, 9.17) is 16.3 Å². The number of nitrogens with zero attached hydrogens (tertiary/aromatic N) is 1. The molecule has 4 nitrogen and oxygen atoms in total. The number of hydrogen-bond acceptors (Lipinski definition) is 3. The first-order valence-electron chi connectivity index (χ1n) is 6.00. The Labute approximate surface area is 118 Å². The Kier molecular flexibility index (Phi) is 5.36. The maximum absolute atomic E-state index is 11.5. The van der Waals surface area contributed by atoms with E-state index in [0.717, 1.165) is 11.1 Å². The number of amides is 1. The van der Waals surface area contributed by atoms with E-state index in [1.807, 2.05) is 31.2 Å². The van der Waals surface area contributed by atoms with E-state index in [1.165, 1.54) is 0 Å². The summed E-state index contributed by atoms with van der Waals surface area (Å²) in [6.07, 6.45) is -0.595. The van der Waals surface area contributed by atoms with Crippen molar-refractivity contribution in [2.75, 3.05) is 5.88 Å². The molecule has 0 saturated heterocycles. The van der Waals surface area contributed by atoms with Gasteiger partial charge in [0, 0.05) is 0 Å². The zero-order valence-corrected chi connectivity index (χ0v) is 12.4. The lowest BCUT2D eigenvalue weighted by Crippen LogP contribution is -2.30. The summed E-state index contributed by atoms with van der Waals surface area (Å²) in [5.74, 6) is 0.207. The molecule has 1 amide bonds. The lowest BCUT2D eigenvalue weighted by Gasteiger charge is -2.18. The summed E-state index contributed by atoms with van der Waals surface area (Å²) in [5, 5.41) is 3.99. The van der Waals surface area contributed by atoms with E-state index >= 15 is 0 Å². The summed E-state index contributed by atoms with van der Waals surface area (Å²) in [4.78, 5) is 11.5. The number of benzene rings is 1. The second-order valence-electron chi connectivity index (χ2n) is 5.17. The largest absolute Gasteiger partial charge is 0.443 e. The standard InChI is InChI=1S/C14H19ClN2O2/c1-10-5-7-11(8-6-10)12(9-15)16-17-13(18)19-14(2,3)4/h5-8H,9H2,1-4H3,(H,17,18)/b16-12+. The Balaban J connectivity index is 2.72. The Bertz CT molecular complexity index is 461. The van der Waals surface area contributed by atoms with Crippen molar-refractivity contribution >= 4 is 23.4 Å². The molecule has 19 heavy (non-hydrogen) atoms. The third-order valence-corrected chi connectivity index (χ3v) is 2.45. The molecular formula is C14H19ClN2O2. The highest BCUT2D eigenvalue weighted by Gasteiger charge is 2.15. The molecule has 0 aromatic heterocycles. The Hall–Kier alpha value is -1.55. The van der Waals surface area contributed by atoms with Crippen LogP contribution in [-0.2, 0) is 4.74 Å². The van der Waals surface area contributed by atoms with Gasteiger partial charge < -0.3 is 4.74 Å². The molecule has 5 heteroatoms. The average molecular weight is 283 g/mol. The Morgan fingerprint density at radius 2 is 1.89 bits per heavy atom. The second kappa shape index (κ2) is 6.57. The maximum atomic E-state index is 11.5. The molecule has 0 fully saturated rings. The van der Waals surface area contributed by atoms with E-state index in [2.05, 4.69) is 10.5 Å². The monoisotopic (exact) mass is 282 g/mol. The zero-order chi connectivity index (χ0) is 14.5. The molecule has 0 bridgehead atoms. The number of hydrogen-bond donors (Lipinski definition) is 1. The highest BCUT2D eigenvalue weighted by atomic mass is 35.5. The fourth-order valence-corrected chi connectivity index (χ4v) is 1.55. The molecule has 1 aromatic carbocycles. The lowest BCUT2D eigenvalue weighted by molar-refractivity contribution is 0.0529. The Morgan fingerprint density at radius 3 is 2.37 bits per heavy atom. The summed E-state index contributed by atoms with van der Waals surface area (Å²) in [6, 6.07) is 7.75. The number of hydrazone groups is 1. The molecule has 0 heterocycles. The first-order valence-corrected chi connectivity index (χ1v) is 6.54. The summed E-state index contributed by atoms with van der Waals surface area (Å²) in [5.41, 5.74) is 4.41. The van der Waals surface area contributed by atoms with Gasteiger partial charge in [-0.1, -0.05) is 29.8 Å². The first-order chi connectivity index (χ1) is 8.81. The number of alkyl halides is 1. The quantitative estimate of drug-likeness (QED) is 0.524. The lowest BCUT2D eigenvalue weighted by atomic mass is 10.1. The number of carbonyl (C=O) groups is 1. The van der Waals surface area contributed by atoms with Gasteiger partial charge in [-0.25, -0.2) is 10.2 Å². The Morgan fingerprint density at radius 1 is 1.32 bits per heavy atom. The molecular weight excluding hydrogens is 264 g/mol. The van der Waals surface area contributed by atoms with Crippen LogP contribution in [0.2, 0.25) is 0 Å². The number of nitrogens with one attached hydrogen (secondary N) is 1. The van der Waals surface area contributed by atoms with Gasteiger partial charge >= 0.3 is 6.09 Å². The maximum Gasteiger partial charge on any atom is 0.428 e. The van der Waals surface area contributed by atoms with E-state index in [1.54, 1.807) is 20.8 Å². The summed E-state index contributed by atoms with van der Waals surface area (Å²) < 4.78 is 5.09. The number of ether oxygens (including phenoxy) is 1. The minimum atomic E-state index is -0.595. The van der Waals surface area contributed by atoms with Gasteiger partial charge in [-0.15, -0.1) is 11.6 Å². The van der Waals surface area contributed by atoms with Gasteiger partial charge in [0.15, 0.2) is 0 Å². The average Bonchev–Trinajstić information content (AvgIpc) is 2.29. The highest BCUT2D eigenvalue weighted by molar-refractivity contribution is 6.31. The van der Waals surface area contributed by atoms with Crippen LogP contribution in [-0.4, -0.2) is 23.3 Å². The van der Waals surface area contributed by atoms with Crippen molar-refractivity contribution in [1.29, 1.82) is 0 Å². The van der Waals surface area contributed by atoms with Crippen molar-refractivity contribution in [3.8, 4) is 0 Å². The third kappa shape index (κ3) is 5.75. The molecule has 0 saturated carbocycles. The molecule has 0 aliphatic rings. The first kappa shape index (κ1) is 15.5. The fraction of sp³-hybridized carbons (Fsp3) is 0.429. The van der Waals surface area contributed by atoms with Crippen LogP contribution in [0.4, 0.5) is 4.79 Å². The van der Waals surface area contributed by atoms with Gasteiger partial charge in [-0.05, 0) is 33.3 Å². The molecule has 1 aromatic rings. The van der Waals surface area contributed by atoms with Gasteiger partial charge in [-0.2, -0.15) is 5.10 Å². The van der Waals surface area contributed by atoms with Crippen molar-refractivity contribution in [3.05, 3.63) is 35.4 Å². The normalized spacial score (nSPS) is 12.2. The minimum Gasteiger partial charge on any atom is -0.443 e. The van der Waals surface area contributed by atoms with Gasteiger partial charge in [-0.3, -0.25) is 0 Å². The number of carbonyl (C=O) groups excluding carboxylic acids is 1.